The fourth-order valence-corrected chi connectivity index (χ4v) is 2.75. The van der Waals surface area contributed by atoms with E-state index in [-0.39, 0.29) is 18.1 Å². The van der Waals surface area contributed by atoms with Crippen molar-refractivity contribution in [1.82, 2.24) is 9.55 Å². The molecule has 0 saturated carbocycles. The van der Waals surface area contributed by atoms with Crippen molar-refractivity contribution >= 4 is 29.0 Å². The van der Waals surface area contributed by atoms with Crippen LogP contribution in [0.25, 0.3) is 0 Å². The molecule has 0 unspecified atom stereocenters. The summed E-state index contributed by atoms with van der Waals surface area (Å²) in [5, 5.41) is 0.414. The average molecular weight is 365 g/mol. The van der Waals surface area contributed by atoms with Gasteiger partial charge in [-0.25, -0.2) is 4.79 Å². The van der Waals surface area contributed by atoms with Gasteiger partial charge in [-0.15, -0.1) is 0 Å². The maximum atomic E-state index is 12.8. The van der Waals surface area contributed by atoms with Crippen molar-refractivity contribution in [3.63, 3.8) is 0 Å². The topological polar surface area (TPSA) is 101 Å². The molecule has 0 fully saturated rings. The molecule has 0 bridgehead atoms. The molecule has 0 aliphatic carbocycles. The van der Waals surface area contributed by atoms with E-state index in [4.69, 9.17) is 17.3 Å². The second kappa shape index (κ2) is 8.02. The number of aromatic amines is 1. The van der Waals surface area contributed by atoms with Crippen molar-refractivity contribution in [2.75, 3.05) is 17.2 Å². The monoisotopic (exact) mass is 364 g/mol. The van der Waals surface area contributed by atoms with Gasteiger partial charge in [0.15, 0.2) is 5.69 Å². The van der Waals surface area contributed by atoms with E-state index in [1.165, 1.54) is 15.5 Å². The maximum absolute atomic E-state index is 12.8. The molecule has 0 atom stereocenters. The predicted molar refractivity (Wildman–Crippen MR) is 99.4 cm³/mol. The number of rotatable bonds is 6. The summed E-state index contributed by atoms with van der Waals surface area (Å²) in [7, 11) is 0. The first kappa shape index (κ1) is 18.8. The molecule has 0 aliphatic rings. The smallest absolute Gasteiger partial charge is 0.330 e. The van der Waals surface area contributed by atoms with Crippen LogP contribution >= 0.6 is 11.6 Å². The van der Waals surface area contributed by atoms with E-state index < -0.39 is 17.2 Å². The zero-order valence-electron chi connectivity index (χ0n) is 14.2. The van der Waals surface area contributed by atoms with Gasteiger partial charge in [0.05, 0.1) is 0 Å². The number of hydrogen-bond acceptors (Lipinski definition) is 4. The fourth-order valence-electron chi connectivity index (χ4n) is 2.56. The quantitative estimate of drug-likeness (QED) is 0.820. The number of nitrogens with zero attached hydrogens (tertiary/aromatic N) is 2. The van der Waals surface area contributed by atoms with Crippen LogP contribution in [0.3, 0.4) is 0 Å². The van der Waals surface area contributed by atoms with Gasteiger partial charge in [0.1, 0.15) is 5.82 Å². The lowest BCUT2D eigenvalue weighted by Crippen LogP contribution is -2.41. The van der Waals surface area contributed by atoms with Gasteiger partial charge in [0.2, 0.25) is 0 Å². The molecule has 0 radical (unpaired) electrons. The number of carbonyl (C=O) groups excluding carboxylic acids is 1. The number of carbonyl (C=O) groups is 1. The third-order valence-electron chi connectivity index (χ3n) is 3.85. The molecule has 2 rings (SSSR count). The molecule has 0 aliphatic heterocycles. The minimum atomic E-state index is -0.688. The highest BCUT2D eigenvalue weighted by Gasteiger charge is 2.24. The Morgan fingerprint density at radius 1 is 1.32 bits per heavy atom. The Bertz CT molecular complexity index is 888. The van der Waals surface area contributed by atoms with Crippen molar-refractivity contribution < 1.29 is 4.79 Å². The lowest BCUT2D eigenvalue weighted by Gasteiger charge is -2.23. The number of halogens is 1. The van der Waals surface area contributed by atoms with Crippen LogP contribution in [0.1, 0.15) is 37.0 Å². The van der Waals surface area contributed by atoms with Gasteiger partial charge in [-0.1, -0.05) is 31.0 Å². The van der Waals surface area contributed by atoms with Crippen molar-refractivity contribution in [2.24, 2.45) is 0 Å². The Morgan fingerprint density at radius 2 is 2.04 bits per heavy atom. The van der Waals surface area contributed by atoms with Crippen LogP contribution in [0.2, 0.25) is 5.02 Å². The minimum absolute atomic E-state index is 0.0144. The van der Waals surface area contributed by atoms with Gasteiger partial charge in [0.25, 0.3) is 11.5 Å². The van der Waals surface area contributed by atoms with Crippen LogP contribution in [0.4, 0.5) is 11.5 Å². The SMILES string of the molecule is CCCCn1c(N)c(N(CC)C(=O)c2cccc(Cl)c2)c(=O)[nH]c1=O. The first-order valence-corrected chi connectivity index (χ1v) is 8.48. The highest BCUT2D eigenvalue weighted by molar-refractivity contribution is 6.31. The van der Waals surface area contributed by atoms with Crippen LogP contribution in [-0.4, -0.2) is 22.0 Å². The zero-order chi connectivity index (χ0) is 18.6. The lowest BCUT2D eigenvalue weighted by molar-refractivity contribution is 0.0988. The molecule has 1 aromatic heterocycles. The third-order valence-corrected chi connectivity index (χ3v) is 4.09. The molecule has 1 heterocycles. The largest absolute Gasteiger partial charge is 0.383 e. The Kier molecular flexibility index (Phi) is 6.03. The first-order valence-electron chi connectivity index (χ1n) is 8.10. The minimum Gasteiger partial charge on any atom is -0.383 e. The van der Waals surface area contributed by atoms with Gasteiger partial charge in [0, 0.05) is 23.7 Å². The fraction of sp³-hybridized carbons (Fsp3) is 0.353. The van der Waals surface area contributed by atoms with Gasteiger partial charge in [-0.05, 0) is 31.5 Å². The average Bonchev–Trinajstić information content (AvgIpc) is 2.57. The summed E-state index contributed by atoms with van der Waals surface area (Å²) in [5.74, 6) is -0.428. The summed E-state index contributed by atoms with van der Waals surface area (Å²) in [6.07, 6.45) is 1.59. The van der Waals surface area contributed by atoms with Crippen LogP contribution in [0.15, 0.2) is 33.9 Å². The number of aromatic nitrogens is 2. The van der Waals surface area contributed by atoms with E-state index in [1.807, 2.05) is 6.92 Å². The van der Waals surface area contributed by atoms with Crippen LogP contribution < -0.4 is 21.9 Å². The highest BCUT2D eigenvalue weighted by atomic mass is 35.5. The van der Waals surface area contributed by atoms with E-state index in [0.717, 1.165) is 12.8 Å². The van der Waals surface area contributed by atoms with Crippen molar-refractivity contribution in [1.29, 1.82) is 0 Å². The molecular weight excluding hydrogens is 344 g/mol. The number of amides is 1. The summed E-state index contributed by atoms with van der Waals surface area (Å²) in [4.78, 5) is 40.7. The molecule has 25 heavy (non-hydrogen) atoms. The van der Waals surface area contributed by atoms with Crippen molar-refractivity contribution in [2.45, 2.75) is 33.2 Å². The Morgan fingerprint density at radius 3 is 2.64 bits per heavy atom. The summed E-state index contributed by atoms with van der Waals surface area (Å²) >= 11 is 5.94. The van der Waals surface area contributed by atoms with Crippen LogP contribution in [0.5, 0.6) is 0 Å². The number of benzene rings is 1. The first-order chi connectivity index (χ1) is 11.9. The van der Waals surface area contributed by atoms with E-state index in [2.05, 4.69) is 4.98 Å². The Labute approximate surface area is 150 Å². The summed E-state index contributed by atoms with van der Waals surface area (Å²) in [6, 6.07) is 6.43. The molecular formula is C17H21ClN4O3. The Hall–Kier alpha value is -2.54. The van der Waals surface area contributed by atoms with Gasteiger partial charge >= 0.3 is 5.69 Å². The molecule has 3 N–H and O–H groups in total. The van der Waals surface area contributed by atoms with E-state index in [0.29, 0.717) is 17.1 Å². The number of anilines is 2. The number of nitrogens with two attached hydrogens (primary N) is 1. The maximum Gasteiger partial charge on any atom is 0.330 e. The normalized spacial score (nSPS) is 10.7. The van der Waals surface area contributed by atoms with E-state index >= 15 is 0 Å². The lowest BCUT2D eigenvalue weighted by atomic mass is 10.2. The predicted octanol–water partition coefficient (Wildman–Crippen LogP) is 2.24. The molecule has 1 aromatic carbocycles. The number of H-pyrrole nitrogens is 1. The molecule has 1 amide bonds. The van der Waals surface area contributed by atoms with Crippen molar-refractivity contribution in [3.8, 4) is 0 Å². The molecule has 7 nitrogen and oxygen atoms in total. The molecule has 2 aromatic rings. The van der Waals surface area contributed by atoms with Gasteiger partial charge in [-0.2, -0.15) is 0 Å². The number of unbranched alkanes of at least 4 members (excludes halogenated alkanes) is 1. The van der Waals surface area contributed by atoms with Crippen LogP contribution in [-0.2, 0) is 6.54 Å². The summed E-state index contributed by atoms with van der Waals surface area (Å²) in [5.41, 5.74) is 5.11. The van der Waals surface area contributed by atoms with Gasteiger partial charge in [-0.3, -0.25) is 19.1 Å². The molecule has 8 heteroatoms. The van der Waals surface area contributed by atoms with Crippen molar-refractivity contribution in [3.05, 3.63) is 55.7 Å². The van der Waals surface area contributed by atoms with Crippen LogP contribution in [0, 0.1) is 0 Å². The number of nitrogens with one attached hydrogen (secondary N) is 1. The Balaban J connectivity index is 2.55. The summed E-state index contributed by atoms with van der Waals surface area (Å²) in [6.45, 7) is 4.29. The highest BCUT2D eigenvalue weighted by Crippen LogP contribution is 2.20. The third kappa shape index (κ3) is 3.93. The number of hydrogen-bond donors (Lipinski definition) is 2. The number of nitrogen functional groups attached to an aromatic ring is 1. The molecule has 134 valence electrons. The second-order valence-electron chi connectivity index (χ2n) is 5.56. The summed E-state index contributed by atoms with van der Waals surface area (Å²) < 4.78 is 1.29. The zero-order valence-corrected chi connectivity index (χ0v) is 15.0. The molecule has 0 saturated heterocycles. The van der Waals surface area contributed by atoms with E-state index in [1.54, 1.807) is 25.1 Å². The van der Waals surface area contributed by atoms with Gasteiger partial charge < -0.3 is 10.6 Å². The standard InChI is InChI=1S/C17H21ClN4O3/c1-3-5-9-22-14(19)13(15(23)20-17(22)25)21(4-2)16(24)11-7-6-8-12(18)10-11/h6-8,10H,3-5,9,19H2,1-2H3,(H,20,23,25). The van der Waals surface area contributed by atoms with E-state index in [9.17, 15) is 14.4 Å². The molecule has 0 spiro atoms. The second-order valence-corrected chi connectivity index (χ2v) is 5.99.